The van der Waals surface area contributed by atoms with Crippen LogP contribution in [0.2, 0.25) is 5.02 Å². The predicted molar refractivity (Wildman–Crippen MR) is 99.2 cm³/mol. The fraction of sp³-hybridized carbons (Fsp3) is 0.529. The second-order valence-electron chi connectivity index (χ2n) is 6.51. The number of thiazole rings is 1. The Hall–Kier alpha value is -1.53. The van der Waals surface area contributed by atoms with E-state index >= 15 is 0 Å². The van der Waals surface area contributed by atoms with Crippen LogP contribution >= 0.6 is 22.9 Å². The molecule has 2 aliphatic rings. The molecule has 24 heavy (non-hydrogen) atoms. The van der Waals surface area contributed by atoms with Crippen LogP contribution in [0.3, 0.4) is 0 Å². The maximum Gasteiger partial charge on any atom is 0.317 e. The van der Waals surface area contributed by atoms with Gasteiger partial charge < -0.3 is 15.1 Å². The highest BCUT2D eigenvalue weighted by Crippen LogP contribution is 2.31. The van der Waals surface area contributed by atoms with Crippen molar-refractivity contribution >= 4 is 44.3 Å². The maximum atomic E-state index is 12.3. The molecule has 1 N–H and O–H groups in total. The fourth-order valence-corrected chi connectivity index (χ4v) is 4.75. The SMILES string of the molecule is O=C(NC1CCCC1)N1CCN(c2nc3ccc(Cl)cc3s2)CC1. The predicted octanol–water partition coefficient (Wildman–Crippen LogP) is 3.72. The molecule has 2 amide bonds. The first-order valence-corrected chi connectivity index (χ1v) is 9.75. The highest BCUT2D eigenvalue weighted by Gasteiger charge is 2.25. The fourth-order valence-electron chi connectivity index (χ4n) is 3.46. The molecule has 128 valence electrons. The van der Waals surface area contributed by atoms with Gasteiger partial charge in [0.25, 0.3) is 0 Å². The van der Waals surface area contributed by atoms with Crippen molar-refractivity contribution in [3.8, 4) is 0 Å². The molecule has 0 spiro atoms. The number of nitrogens with one attached hydrogen (secondary N) is 1. The van der Waals surface area contributed by atoms with Crippen molar-refractivity contribution in [3.63, 3.8) is 0 Å². The van der Waals surface area contributed by atoms with Crippen LogP contribution < -0.4 is 10.2 Å². The Morgan fingerprint density at radius 3 is 2.71 bits per heavy atom. The number of aromatic nitrogens is 1. The van der Waals surface area contributed by atoms with E-state index in [-0.39, 0.29) is 6.03 Å². The van der Waals surface area contributed by atoms with Crippen LogP contribution in [0.25, 0.3) is 10.2 Å². The summed E-state index contributed by atoms with van der Waals surface area (Å²) in [5.74, 6) is 0. The van der Waals surface area contributed by atoms with Crippen molar-refractivity contribution in [2.75, 3.05) is 31.1 Å². The van der Waals surface area contributed by atoms with E-state index in [4.69, 9.17) is 16.6 Å². The molecule has 7 heteroatoms. The Balaban J connectivity index is 1.37. The average molecular weight is 365 g/mol. The minimum Gasteiger partial charge on any atom is -0.345 e. The normalized spacial score (nSPS) is 19.2. The molecule has 1 aromatic heterocycles. The van der Waals surface area contributed by atoms with Crippen molar-refractivity contribution in [2.24, 2.45) is 0 Å². The zero-order valence-electron chi connectivity index (χ0n) is 13.5. The quantitative estimate of drug-likeness (QED) is 0.883. The zero-order valence-corrected chi connectivity index (χ0v) is 15.1. The van der Waals surface area contributed by atoms with Gasteiger partial charge in [-0.2, -0.15) is 0 Å². The van der Waals surface area contributed by atoms with Gasteiger partial charge in [0.2, 0.25) is 0 Å². The van der Waals surface area contributed by atoms with Gasteiger partial charge in [0.1, 0.15) is 0 Å². The summed E-state index contributed by atoms with van der Waals surface area (Å²) in [6.07, 6.45) is 4.72. The average Bonchev–Trinajstić information content (AvgIpc) is 3.24. The van der Waals surface area contributed by atoms with Crippen LogP contribution in [-0.2, 0) is 0 Å². The third kappa shape index (κ3) is 3.30. The van der Waals surface area contributed by atoms with Crippen LogP contribution in [0.5, 0.6) is 0 Å². The van der Waals surface area contributed by atoms with Crippen molar-refractivity contribution in [2.45, 2.75) is 31.7 Å². The number of urea groups is 1. The molecule has 4 rings (SSSR count). The van der Waals surface area contributed by atoms with E-state index < -0.39 is 0 Å². The molecule has 0 atom stereocenters. The summed E-state index contributed by atoms with van der Waals surface area (Å²) in [4.78, 5) is 21.2. The van der Waals surface area contributed by atoms with Crippen LogP contribution in [0.1, 0.15) is 25.7 Å². The first-order valence-electron chi connectivity index (χ1n) is 8.55. The lowest BCUT2D eigenvalue weighted by Crippen LogP contribution is -2.53. The van der Waals surface area contributed by atoms with E-state index in [1.165, 1.54) is 12.8 Å². The van der Waals surface area contributed by atoms with E-state index in [9.17, 15) is 4.79 Å². The summed E-state index contributed by atoms with van der Waals surface area (Å²) in [5.41, 5.74) is 0.987. The van der Waals surface area contributed by atoms with Crippen molar-refractivity contribution in [1.29, 1.82) is 0 Å². The first-order chi connectivity index (χ1) is 11.7. The number of anilines is 1. The molecule has 0 unspecified atom stereocenters. The Morgan fingerprint density at radius 2 is 1.96 bits per heavy atom. The summed E-state index contributed by atoms with van der Waals surface area (Å²) in [6.45, 7) is 3.14. The van der Waals surface area contributed by atoms with E-state index in [0.717, 1.165) is 59.4 Å². The number of carbonyl (C=O) groups is 1. The van der Waals surface area contributed by atoms with E-state index in [1.54, 1.807) is 11.3 Å². The van der Waals surface area contributed by atoms with E-state index in [1.807, 2.05) is 23.1 Å². The molecule has 0 radical (unpaired) electrons. The standard InChI is InChI=1S/C17H21ClN4OS/c18-12-5-6-14-15(11-12)24-17(20-14)22-9-7-21(8-10-22)16(23)19-13-3-1-2-4-13/h5-6,11,13H,1-4,7-10H2,(H,19,23). The van der Waals surface area contributed by atoms with Gasteiger partial charge in [-0.3, -0.25) is 0 Å². The van der Waals surface area contributed by atoms with Gasteiger partial charge in [-0.25, -0.2) is 9.78 Å². The smallest absolute Gasteiger partial charge is 0.317 e. The van der Waals surface area contributed by atoms with Gasteiger partial charge in [-0.15, -0.1) is 0 Å². The second kappa shape index (κ2) is 6.76. The number of benzene rings is 1. The summed E-state index contributed by atoms with van der Waals surface area (Å²) in [6, 6.07) is 6.27. The Morgan fingerprint density at radius 1 is 1.21 bits per heavy atom. The molecule has 2 aromatic rings. The lowest BCUT2D eigenvalue weighted by Gasteiger charge is -2.35. The van der Waals surface area contributed by atoms with Gasteiger partial charge in [0.05, 0.1) is 10.2 Å². The lowest BCUT2D eigenvalue weighted by atomic mass is 10.2. The molecule has 1 aliphatic heterocycles. The summed E-state index contributed by atoms with van der Waals surface area (Å²) < 4.78 is 1.11. The largest absolute Gasteiger partial charge is 0.345 e. The van der Waals surface area contributed by atoms with Gasteiger partial charge in [-0.1, -0.05) is 35.8 Å². The molecule has 2 heterocycles. The van der Waals surface area contributed by atoms with E-state index in [2.05, 4.69) is 10.2 Å². The molecule has 1 aromatic carbocycles. The van der Waals surface area contributed by atoms with Crippen molar-refractivity contribution in [3.05, 3.63) is 23.2 Å². The molecule has 5 nitrogen and oxygen atoms in total. The summed E-state index contributed by atoms with van der Waals surface area (Å²) in [5, 5.41) is 4.93. The molecular weight excluding hydrogens is 344 g/mol. The molecule has 1 saturated carbocycles. The van der Waals surface area contributed by atoms with Crippen molar-refractivity contribution < 1.29 is 4.79 Å². The highest BCUT2D eigenvalue weighted by molar-refractivity contribution is 7.22. The number of amides is 2. The van der Waals surface area contributed by atoms with Gasteiger partial charge in [-0.05, 0) is 31.0 Å². The zero-order chi connectivity index (χ0) is 16.5. The molecular formula is C17H21ClN4OS. The van der Waals surface area contributed by atoms with Gasteiger partial charge >= 0.3 is 6.03 Å². The number of rotatable bonds is 2. The number of carbonyl (C=O) groups excluding carboxylic acids is 1. The second-order valence-corrected chi connectivity index (χ2v) is 7.96. The molecule has 2 fully saturated rings. The number of halogens is 1. The van der Waals surface area contributed by atoms with E-state index in [0.29, 0.717) is 6.04 Å². The monoisotopic (exact) mass is 364 g/mol. The van der Waals surface area contributed by atoms with Crippen LogP contribution in [-0.4, -0.2) is 48.1 Å². The molecule has 1 saturated heterocycles. The molecule has 1 aliphatic carbocycles. The number of hydrogen-bond donors (Lipinski definition) is 1. The van der Waals surface area contributed by atoms with Crippen LogP contribution in [0.15, 0.2) is 18.2 Å². The highest BCUT2D eigenvalue weighted by atomic mass is 35.5. The Bertz CT molecular complexity index is 735. The topological polar surface area (TPSA) is 48.5 Å². The maximum absolute atomic E-state index is 12.3. The number of hydrogen-bond acceptors (Lipinski definition) is 4. The Kier molecular flexibility index (Phi) is 4.50. The van der Waals surface area contributed by atoms with Gasteiger partial charge in [0, 0.05) is 37.2 Å². The number of fused-ring (bicyclic) bond motifs is 1. The summed E-state index contributed by atoms with van der Waals surface area (Å²) in [7, 11) is 0. The Labute approximate surface area is 150 Å². The third-order valence-electron chi connectivity index (χ3n) is 4.86. The first kappa shape index (κ1) is 16.0. The molecule has 0 bridgehead atoms. The van der Waals surface area contributed by atoms with Crippen LogP contribution in [0.4, 0.5) is 9.93 Å². The van der Waals surface area contributed by atoms with Crippen molar-refractivity contribution in [1.82, 2.24) is 15.2 Å². The minimum absolute atomic E-state index is 0.0950. The number of piperazine rings is 1. The lowest BCUT2D eigenvalue weighted by molar-refractivity contribution is 0.190. The van der Waals surface area contributed by atoms with Gasteiger partial charge in [0.15, 0.2) is 5.13 Å². The number of nitrogens with zero attached hydrogens (tertiary/aromatic N) is 3. The van der Waals surface area contributed by atoms with Crippen LogP contribution in [0, 0.1) is 0 Å². The minimum atomic E-state index is 0.0950. The summed E-state index contributed by atoms with van der Waals surface area (Å²) >= 11 is 7.72. The third-order valence-corrected chi connectivity index (χ3v) is 6.17.